The van der Waals surface area contributed by atoms with Crippen molar-refractivity contribution in [3.63, 3.8) is 0 Å². The maximum absolute atomic E-state index is 12.6. The minimum absolute atomic E-state index is 0.104. The first-order chi connectivity index (χ1) is 16.0. The number of carbonyl (C=O) groups excluding carboxylic acids is 1. The maximum Gasteiger partial charge on any atom is 0.234 e. The van der Waals surface area contributed by atoms with Crippen LogP contribution in [0.2, 0.25) is 5.02 Å². The number of hydrogen-bond acceptors (Lipinski definition) is 5. The van der Waals surface area contributed by atoms with E-state index in [0.717, 1.165) is 23.4 Å². The van der Waals surface area contributed by atoms with Crippen LogP contribution in [0.15, 0.2) is 78.2 Å². The summed E-state index contributed by atoms with van der Waals surface area (Å²) < 4.78 is 1.92. The number of nitrogens with zero attached hydrogens (tertiary/aromatic N) is 4. The highest BCUT2D eigenvalue weighted by Gasteiger charge is 2.17. The first-order valence-corrected chi connectivity index (χ1v) is 12.1. The van der Waals surface area contributed by atoms with E-state index < -0.39 is 0 Å². The van der Waals surface area contributed by atoms with Gasteiger partial charge in [0.15, 0.2) is 11.0 Å². The Morgan fingerprint density at radius 3 is 2.39 bits per heavy atom. The molecule has 4 rings (SSSR count). The van der Waals surface area contributed by atoms with Crippen LogP contribution in [0.1, 0.15) is 31.7 Å². The Kier molecular flexibility index (Phi) is 7.42. The van der Waals surface area contributed by atoms with E-state index in [4.69, 9.17) is 11.6 Å². The molecule has 1 amide bonds. The summed E-state index contributed by atoms with van der Waals surface area (Å²) in [6.45, 7) is 4.36. The highest BCUT2D eigenvalue weighted by Crippen LogP contribution is 2.28. The minimum atomic E-state index is -0.104. The third kappa shape index (κ3) is 5.61. The number of pyridine rings is 1. The van der Waals surface area contributed by atoms with Gasteiger partial charge in [-0.05, 0) is 66.4 Å². The van der Waals surface area contributed by atoms with Gasteiger partial charge >= 0.3 is 0 Å². The largest absolute Gasteiger partial charge is 0.325 e. The van der Waals surface area contributed by atoms with Gasteiger partial charge in [0.05, 0.1) is 5.75 Å². The topological polar surface area (TPSA) is 72.7 Å². The van der Waals surface area contributed by atoms with Crippen LogP contribution in [-0.4, -0.2) is 31.4 Å². The first-order valence-electron chi connectivity index (χ1n) is 10.7. The molecule has 0 spiro atoms. The second kappa shape index (κ2) is 10.6. The van der Waals surface area contributed by atoms with Gasteiger partial charge in [0.1, 0.15) is 0 Å². The van der Waals surface area contributed by atoms with Crippen LogP contribution in [0, 0.1) is 0 Å². The van der Waals surface area contributed by atoms with Crippen LogP contribution in [0.4, 0.5) is 5.69 Å². The van der Waals surface area contributed by atoms with E-state index in [-0.39, 0.29) is 11.7 Å². The van der Waals surface area contributed by atoms with Crippen molar-refractivity contribution in [2.75, 3.05) is 11.1 Å². The van der Waals surface area contributed by atoms with Gasteiger partial charge in [0.25, 0.3) is 0 Å². The Bertz CT molecular complexity index is 1210. The molecule has 6 nitrogen and oxygen atoms in total. The van der Waals surface area contributed by atoms with E-state index in [9.17, 15) is 4.79 Å². The Hall–Kier alpha value is -3.16. The number of thioether (sulfide) groups is 1. The summed E-state index contributed by atoms with van der Waals surface area (Å²) >= 11 is 7.41. The molecule has 2 aromatic carbocycles. The van der Waals surface area contributed by atoms with Crippen molar-refractivity contribution in [1.29, 1.82) is 0 Å². The molecule has 33 heavy (non-hydrogen) atoms. The van der Waals surface area contributed by atoms with Gasteiger partial charge in [-0.1, -0.05) is 49.3 Å². The number of amides is 1. The smallest absolute Gasteiger partial charge is 0.234 e. The SMILES string of the molecule is CC[C@H](C)c1ccc(NC(=O)CSc2nnc(-c3ccncc3)n2-c2ccc(Cl)cc2)cc1. The lowest BCUT2D eigenvalue weighted by molar-refractivity contribution is -0.113. The number of halogens is 1. The lowest BCUT2D eigenvalue weighted by atomic mass is 9.99. The minimum Gasteiger partial charge on any atom is -0.325 e. The number of carbonyl (C=O) groups is 1. The Morgan fingerprint density at radius 1 is 1.03 bits per heavy atom. The lowest BCUT2D eigenvalue weighted by Gasteiger charge is -2.11. The number of hydrogen-bond donors (Lipinski definition) is 1. The van der Waals surface area contributed by atoms with Crippen LogP contribution in [0.5, 0.6) is 0 Å². The van der Waals surface area contributed by atoms with Crippen molar-refractivity contribution in [2.45, 2.75) is 31.3 Å². The number of rotatable bonds is 8. The van der Waals surface area contributed by atoms with Crippen molar-refractivity contribution >= 4 is 35.0 Å². The van der Waals surface area contributed by atoms with E-state index in [1.165, 1.54) is 17.3 Å². The molecule has 1 atom stereocenters. The molecule has 2 aromatic heterocycles. The molecule has 0 aliphatic rings. The molecular formula is C25H24ClN5OS. The molecule has 4 aromatic rings. The molecule has 0 radical (unpaired) electrons. The van der Waals surface area contributed by atoms with E-state index in [1.807, 2.05) is 53.1 Å². The third-order valence-electron chi connectivity index (χ3n) is 5.36. The summed E-state index contributed by atoms with van der Waals surface area (Å²) in [6.07, 6.45) is 4.50. The third-order valence-corrected chi connectivity index (χ3v) is 6.55. The average molecular weight is 478 g/mol. The summed E-state index contributed by atoms with van der Waals surface area (Å²) in [4.78, 5) is 16.7. The monoisotopic (exact) mass is 477 g/mol. The summed E-state index contributed by atoms with van der Waals surface area (Å²) in [7, 11) is 0. The highest BCUT2D eigenvalue weighted by atomic mass is 35.5. The molecule has 8 heteroatoms. The number of aromatic nitrogens is 4. The van der Waals surface area contributed by atoms with Gasteiger partial charge in [-0.2, -0.15) is 0 Å². The Labute approximate surface area is 202 Å². The zero-order chi connectivity index (χ0) is 23.2. The standard InChI is InChI=1S/C25H24ClN5OS/c1-3-17(2)18-4-8-21(9-5-18)28-23(32)16-33-25-30-29-24(19-12-14-27-15-13-19)31(25)22-10-6-20(26)7-11-22/h4-15,17H,3,16H2,1-2H3,(H,28,32)/t17-/m0/s1. The molecule has 0 aliphatic carbocycles. The van der Waals surface area contributed by atoms with Gasteiger partial charge < -0.3 is 5.32 Å². The average Bonchev–Trinajstić information content (AvgIpc) is 3.28. The summed E-state index contributed by atoms with van der Waals surface area (Å²) in [6, 6.07) is 19.2. The lowest BCUT2D eigenvalue weighted by Crippen LogP contribution is -2.14. The summed E-state index contributed by atoms with van der Waals surface area (Å²) in [5, 5.41) is 13.0. The normalized spacial score (nSPS) is 11.8. The van der Waals surface area contributed by atoms with Crippen LogP contribution in [0.25, 0.3) is 17.1 Å². The zero-order valence-electron chi connectivity index (χ0n) is 18.4. The molecule has 0 unspecified atom stereocenters. The number of benzene rings is 2. The molecule has 0 bridgehead atoms. The van der Waals surface area contributed by atoms with E-state index in [1.54, 1.807) is 12.4 Å². The number of anilines is 1. The van der Waals surface area contributed by atoms with Crippen molar-refractivity contribution in [1.82, 2.24) is 19.7 Å². The van der Waals surface area contributed by atoms with Gasteiger partial charge in [0, 0.05) is 34.4 Å². The van der Waals surface area contributed by atoms with Gasteiger partial charge in [-0.15, -0.1) is 10.2 Å². The number of nitrogens with one attached hydrogen (secondary N) is 1. The van der Waals surface area contributed by atoms with Crippen LogP contribution in [-0.2, 0) is 4.79 Å². The zero-order valence-corrected chi connectivity index (χ0v) is 20.0. The van der Waals surface area contributed by atoms with Gasteiger partial charge in [0.2, 0.25) is 5.91 Å². The highest BCUT2D eigenvalue weighted by molar-refractivity contribution is 7.99. The fraction of sp³-hybridized carbons (Fsp3) is 0.200. The summed E-state index contributed by atoms with van der Waals surface area (Å²) in [5.74, 6) is 1.27. The maximum atomic E-state index is 12.6. The second-order valence-electron chi connectivity index (χ2n) is 7.62. The molecule has 0 saturated heterocycles. The van der Waals surface area contributed by atoms with Crippen molar-refractivity contribution in [3.8, 4) is 17.1 Å². The molecule has 0 aliphatic heterocycles. The Balaban J connectivity index is 1.51. The van der Waals surface area contributed by atoms with E-state index in [2.05, 4.69) is 46.5 Å². The van der Waals surface area contributed by atoms with Crippen molar-refractivity contribution in [3.05, 3.63) is 83.6 Å². The molecule has 0 fully saturated rings. The van der Waals surface area contributed by atoms with Crippen LogP contribution < -0.4 is 5.32 Å². The molecule has 168 valence electrons. The van der Waals surface area contributed by atoms with Crippen LogP contribution >= 0.6 is 23.4 Å². The van der Waals surface area contributed by atoms with Crippen molar-refractivity contribution in [2.24, 2.45) is 0 Å². The van der Waals surface area contributed by atoms with E-state index >= 15 is 0 Å². The molecule has 2 heterocycles. The predicted octanol–water partition coefficient (Wildman–Crippen LogP) is 6.23. The first kappa shape index (κ1) is 23.0. The van der Waals surface area contributed by atoms with Crippen LogP contribution in [0.3, 0.4) is 0 Å². The quantitative estimate of drug-likeness (QED) is 0.304. The fourth-order valence-electron chi connectivity index (χ4n) is 3.33. The van der Waals surface area contributed by atoms with Gasteiger partial charge in [-0.25, -0.2) is 0 Å². The molecule has 1 N–H and O–H groups in total. The van der Waals surface area contributed by atoms with Crippen molar-refractivity contribution < 1.29 is 4.79 Å². The second-order valence-corrected chi connectivity index (χ2v) is 9.00. The molecular weight excluding hydrogens is 454 g/mol. The molecule has 0 saturated carbocycles. The fourth-order valence-corrected chi connectivity index (χ4v) is 4.21. The summed E-state index contributed by atoms with van der Waals surface area (Å²) in [5.41, 5.74) is 3.79. The van der Waals surface area contributed by atoms with E-state index in [0.29, 0.717) is 21.9 Å². The Morgan fingerprint density at radius 2 is 1.73 bits per heavy atom. The predicted molar refractivity (Wildman–Crippen MR) is 134 cm³/mol. The van der Waals surface area contributed by atoms with Gasteiger partial charge in [-0.3, -0.25) is 14.3 Å².